The van der Waals surface area contributed by atoms with Crippen LogP contribution < -0.4 is 4.90 Å². The number of rotatable bonds is 1. The molecule has 0 spiro atoms. The number of carbonyl (C=O) groups is 1. The zero-order valence-electron chi connectivity index (χ0n) is 15.7. The fourth-order valence-electron chi connectivity index (χ4n) is 3.32. The van der Waals surface area contributed by atoms with E-state index >= 15 is 0 Å². The molecule has 1 aromatic heterocycles. The predicted molar refractivity (Wildman–Crippen MR) is 95.8 cm³/mol. The normalized spacial score (nSPS) is 20.3. The van der Waals surface area contributed by atoms with Crippen LogP contribution in [0.15, 0.2) is 12.1 Å². The fourth-order valence-corrected chi connectivity index (χ4v) is 3.32. The van der Waals surface area contributed by atoms with Crippen LogP contribution in [0.4, 0.5) is 19.4 Å². The van der Waals surface area contributed by atoms with Gasteiger partial charge < -0.3 is 14.5 Å². The summed E-state index contributed by atoms with van der Waals surface area (Å²) in [6.45, 7) is 7.36. The maximum atomic E-state index is 13.4. The van der Waals surface area contributed by atoms with Gasteiger partial charge in [-0.2, -0.15) is 0 Å². The average Bonchev–Trinajstić information content (AvgIpc) is 2.75. The van der Waals surface area contributed by atoms with Crippen LogP contribution in [0.5, 0.6) is 0 Å². The largest absolute Gasteiger partial charge is 0.444 e. The van der Waals surface area contributed by atoms with E-state index in [0.717, 1.165) is 23.5 Å². The van der Waals surface area contributed by atoms with E-state index < -0.39 is 11.5 Å². The molecule has 2 aliphatic heterocycles. The molecule has 144 valence electrons. The lowest BCUT2D eigenvalue weighted by Gasteiger charge is -2.32. The minimum absolute atomic E-state index is 0.127. The van der Waals surface area contributed by atoms with Gasteiger partial charge in [0.2, 0.25) is 0 Å². The van der Waals surface area contributed by atoms with E-state index in [1.807, 2.05) is 37.8 Å². The maximum Gasteiger partial charge on any atom is 0.410 e. The van der Waals surface area contributed by atoms with Crippen LogP contribution in [-0.4, -0.2) is 53.7 Å². The van der Waals surface area contributed by atoms with Crippen molar-refractivity contribution in [1.29, 1.82) is 0 Å². The number of anilines is 1. The molecule has 0 unspecified atom stereocenters. The molecule has 3 heterocycles. The average molecular weight is 367 g/mol. The van der Waals surface area contributed by atoms with Crippen molar-refractivity contribution in [3.8, 4) is 0 Å². The summed E-state index contributed by atoms with van der Waals surface area (Å²) in [6.07, 6.45) is 0.812. The monoisotopic (exact) mass is 367 g/mol. The van der Waals surface area contributed by atoms with Gasteiger partial charge in [0.1, 0.15) is 11.4 Å². The van der Waals surface area contributed by atoms with Crippen molar-refractivity contribution in [2.24, 2.45) is 0 Å². The van der Waals surface area contributed by atoms with E-state index in [0.29, 0.717) is 32.6 Å². The number of hydrogen-bond acceptors (Lipinski definition) is 4. The van der Waals surface area contributed by atoms with Crippen molar-refractivity contribution in [2.45, 2.75) is 58.0 Å². The number of nitrogens with zero attached hydrogens (tertiary/aromatic N) is 3. The molecule has 26 heavy (non-hydrogen) atoms. The first-order valence-electron chi connectivity index (χ1n) is 9.22. The molecule has 0 N–H and O–H groups in total. The van der Waals surface area contributed by atoms with Gasteiger partial charge in [-0.3, -0.25) is 0 Å². The summed E-state index contributed by atoms with van der Waals surface area (Å²) in [5.41, 5.74) is 1.55. The zero-order chi connectivity index (χ0) is 18.9. The van der Waals surface area contributed by atoms with Crippen LogP contribution in [0, 0.1) is 0 Å². The first kappa shape index (κ1) is 18.9. The second-order valence-corrected chi connectivity index (χ2v) is 8.09. The van der Waals surface area contributed by atoms with Crippen molar-refractivity contribution in [3.63, 3.8) is 0 Å². The highest BCUT2D eigenvalue weighted by atomic mass is 19.3. The first-order chi connectivity index (χ1) is 12.1. The Morgan fingerprint density at radius 1 is 1.12 bits per heavy atom. The van der Waals surface area contributed by atoms with Crippen LogP contribution in [-0.2, 0) is 17.6 Å². The first-order valence-corrected chi connectivity index (χ1v) is 9.22. The SMILES string of the molecule is CC(C)(C)OC(=O)N1CCc2ccc(N3CCC(F)(F)CC3)nc2CC1. The van der Waals surface area contributed by atoms with Gasteiger partial charge in [-0.1, -0.05) is 6.07 Å². The maximum absolute atomic E-state index is 13.4. The van der Waals surface area contributed by atoms with Gasteiger partial charge in [0.05, 0.1) is 0 Å². The smallest absolute Gasteiger partial charge is 0.410 e. The molecule has 2 aliphatic rings. The summed E-state index contributed by atoms with van der Waals surface area (Å²) in [4.78, 5) is 20.7. The summed E-state index contributed by atoms with van der Waals surface area (Å²) >= 11 is 0. The second kappa shape index (κ2) is 7.00. The van der Waals surface area contributed by atoms with Gasteiger partial charge in [0.15, 0.2) is 0 Å². The summed E-state index contributed by atoms with van der Waals surface area (Å²) in [5.74, 6) is -1.80. The lowest BCUT2D eigenvalue weighted by molar-refractivity contribution is -0.0221. The standard InChI is InChI=1S/C19H27F2N3O2/c1-18(2,3)26-17(25)24-10-6-14-4-5-16(22-15(14)7-11-24)23-12-8-19(20,21)9-13-23/h4-5H,6-13H2,1-3H3. The molecule has 0 saturated carbocycles. The Labute approximate surface area is 153 Å². The molecule has 0 aromatic carbocycles. The van der Waals surface area contributed by atoms with Crippen molar-refractivity contribution in [3.05, 3.63) is 23.4 Å². The zero-order valence-corrected chi connectivity index (χ0v) is 15.7. The highest BCUT2D eigenvalue weighted by Crippen LogP contribution is 2.30. The Morgan fingerprint density at radius 3 is 2.42 bits per heavy atom. The third-order valence-corrected chi connectivity index (χ3v) is 4.79. The highest BCUT2D eigenvalue weighted by molar-refractivity contribution is 5.68. The number of piperidine rings is 1. The van der Waals surface area contributed by atoms with Crippen LogP contribution in [0.1, 0.15) is 44.9 Å². The third-order valence-electron chi connectivity index (χ3n) is 4.79. The number of carbonyl (C=O) groups excluding carboxylic acids is 1. The van der Waals surface area contributed by atoms with Gasteiger partial charge in [0, 0.05) is 51.1 Å². The summed E-state index contributed by atoms with van der Waals surface area (Å²) in [7, 11) is 0. The van der Waals surface area contributed by atoms with Gasteiger partial charge in [-0.05, 0) is 38.8 Å². The van der Waals surface area contributed by atoms with Gasteiger partial charge in [-0.25, -0.2) is 18.6 Å². The number of alkyl halides is 2. The van der Waals surface area contributed by atoms with E-state index in [-0.39, 0.29) is 18.9 Å². The molecule has 1 amide bonds. The minimum Gasteiger partial charge on any atom is -0.444 e. The predicted octanol–water partition coefficient (Wildman–Crippen LogP) is 3.65. The molecule has 7 heteroatoms. The van der Waals surface area contributed by atoms with E-state index in [1.54, 1.807) is 4.90 Å². The van der Waals surface area contributed by atoms with Gasteiger partial charge >= 0.3 is 6.09 Å². The number of aromatic nitrogens is 1. The van der Waals surface area contributed by atoms with E-state index in [1.165, 1.54) is 0 Å². The fraction of sp³-hybridized carbons (Fsp3) is 0.684. The van der Waals surface area contributed by atoms with E-state index in [4.69, 9.17) is 9.72 Å². The van der Waals surface area contributed by atoms with Crippen molar-refractivity contribution < 1.29 is 18.3 Å². The van der Waals surface area contributed by atoms with Gasteiger partial charge in [-0.15, -0.1) is 0 Å². The lowest BCUT2D eigenvalue weighted by Crippen LogP contribution is -2.39. The molecule has 0 bridgehead atoms. The molecule has 0 aliphatic carbocycles. The Morgan fingerprint density at radius 2 is 1.77 bits per heavy atom. The quantitative estimate of drug-likeness (QED) is 0.760. The van der Waals surface area contributed by atoms with Crippen LogP contribution in [0.3, 0.4) is 0 Å². The van der Waals surface area contributed by atoms with Crippen LogP contribution in [0.2, 0.25) is 0 Å². The molecule has 1 fully saturated rings. The highest BCUT2D eigenvalue weighted by Gasteiger charge is 2.34. The van der Waals surface area contributed by atoms with Gasteiger partial charge in [0.25, 0.3) is 5.92 Å². The van der Waals surface area contributed by atoms with Crippen molar-refractivity contribution in [2.75, 3.05) is 31.1 Å². The summed E-state index contributed by atoms with van der Waals surface area (Å²) < 4.78 is 32.2. The molecule has 0 atom stereocenters. The number of ether oxygens (including phenoxy) is 1. The van der Waals surface area contributed by atoms with E-state index in [2.05, 4.69) is 0 Å². The molecule has 0 radical (unpaired) electrons. The summed E-state index contributed by atoms with van der Waals surface area (Å²) in [6, 6.07) is 3.93. The Balaban J connectivity index is 1.66. The van der Waals surface area contributed by atoms with Crippen molar-refractivity contribution in [1.82, 2.24) is 9.88 Å². The molecule has 1 aromatic rings. The number of fused-ring (bicyclic) bond motifs is 1. The van der Waals surface area contributed by atoms with Crippen molar-refractivity contribution >= 4 is 11.9 Å². The second-order valence-electron chi connectivity index (χ2n) is 8.09. The number of hydrogen-bond donors (Lipinski definition) is 0. The molecule has 5 nitrogen and oxygen atoms in total. The number of pyridine rings is 1. The molecule has 3 rings (SSSR count). The molecular formula is C19H27F2N3O2. The van der Waals surface area contributed by atoms with E-state index in [9.17, 15) is 13.6 Å². The Kier molecular flexibility index (Phi) is 5.08. The minimum atomic E-state index is -2.56. The summed E-state index contributed by atoms with van der Waals surface area (Å²) in [5, 5.41) is 0. The molecular weight excluding hydrogens is 340 g/mol. The van der Waals surface area contributed by atoms with Crippen LogP contribution in [0.25, 0.3) is 0 Å². The number of amides is 1. The van der Waals surface area contributed by atoms with Crippen LogP contribution >= 0.6 is 0 Å². The third kappa shape index (κ3) is 4.62. The Bertz CT molecular complexity index is 663. The topological polar surface area (TPSA) is 45.7 Å². The Hall–Kier alpha value is -1.92. The lowest BCUT2D eigenvalue weighted by atomic mass is 10.1. The number of halogens is 2. The molecule has 1 saturated heterocycles.